The highest BCUT2D eigenvalue weighted by molar-refractivity contribution is 6.50. The summed E-state index contributed by atoms with van der Waals surface area (Å²) in [6, 6.07) is 10.4. The number of aromatic amines is 1. The fourth-order valence-electron chi connectivity index (χ4n) is 2.49. The summed E-state index contributed by atoms with van der Waals surface area (Å²) in [6.07, 6.45) is -2.02. The molecule has 1 N–H and O–H groups in total. The first-order valence-electron chi connectivity index (χ1n) is 7.85. The van der Waals surface area contributed by atoms with Crippen LogP contribution in [0.5, 0.6) is 0 Å². The third-order valence-corrected chi connectivity index (χ3v) is 4.23. The standard InChI is InChI=1S/C19H14ClF3N2O/c1-2-11-3-5-12(6-4-11)9-15(20)17-24-16-10-13(19(21,22)23)7-8-14(16)18(26)25-17/h3-10H,2H2,1H3,(H,24,25,26). The number of benzene rings is 2. The van der Waals surface area contributed by atoms with Gasteiger partial charge in [0.1, 0.15) is 0 Å². The Morgan fingerprint density at radius 2 is 1.88 bits per heavy atom. The maximum absolute atomic E-state index is 12.9. The van der Waals surface area contributed by atoms with Crippen LogP contribution < -0.4 is 5.56 Å². The van der Waals surface area contributed by atoms with Crippen LogP contribution in [-0.2, 0) is 12.6 Å². The van der Waals surface area contributed by atoms with E-state index in [4.69, 9.17) is 11.6 Å². The number of halogens is 4. The van der Waals surface area contributed by atoms with E-state index in [1.165, 1.54) is 0 Å². The zero-order valence-corrected chi connectivity index (χ0v) is 14.4. The first-order chi connectivity index (χ1) is 12.3. The molecule has 26 heavy (non-hydrogen) atoms. The highest BCUT2D eigenvalue weighted by Gasteiger charge is 2.30. The van der Waals surface area contributed by atoms with E-state index in [1.807, 2.05) is 31.2 Å². The van der Waals surface area contributed by atoms with Crippen LogP contribution in [0.4, 0.5) is 13.2 Å². The van der Waals surface area contributed by atoms with Crippen LogP contribution in [0, 0.1) is 0 Å². The van der Waals surface area contributed by atoms with E-state index in [-0.39, 0.29) is 21.8 Å². The van der Waals surface area contributed by atoms with Crippen molar-refractivity contribution in [3.8, 4) is 0 Å². The van der Waals surface area contributed by atoms with Gasteiger partial charge in [0, 0.05) is 0 Å². The number of hydrogen-bond acceptors (Lipinski definition) is 2. The number of rotatable bonds is 3. The molecule has 0 saturated heterocycles. The molecule has 0 saturated carbocycles. The van der Waals surface area contributed by atoms with Crippen molar-refractivity contribution in [3.05, 3.63) is 75.3 Å². The maximum Gasteiger partial charge on any atom is 0.416 e. The Labute approximate surface area is 152 Å². The van der Waals surface area contributed by atoms with E-state index in [1.54, 1.807) is 6.08 Å². The number of nitrogens with one attached hydrogen (secondary N) is 1. The summed E-state index contributed by atoms with van der Waals surface area (Å²) < 4.78 is 38.6. The molecule has 0 aliphatic carbocycles. The van der Waals surface area contributed by atoms with Gasteiger partial charge < -0.3 is 4.98 Å². The minimum Gasteiger partial charge on any atom is -0.305 e. The van der Waals surface area contributed by atoms with Gasteiger partial charge in [-0.2, -0.15) is 13.2 Å². The van der Waals surface area contributed by atoms with Gasteiger partial charge in [0.2, 0.25) is 0 Å². The molecular weight excluding hydrogens is 365 g/mol. The molecule has 0 unspecified atom stereocenters. The average Bonchev–Trinajstić information content (AvgIpc) is 2.61. The Bertz CT molecular complexity index is 1040. The number of hydrogen-bond donors (Lipinski definition) is 1. The molecule has 0 spiro atoms. The summed E-state index contributed by atoms with van der Waals surface area (Å²) in [6.45, 7) is 2.04. The Hall–Kier alpha value is -2.60. The zero-order chi connectivity index (χ0) is 18.9. The average molecular weight is 379 g/mol. The molecule has 3 aromatic rings. The summed E-state index contributed by atoms with van der Waals surface area (Å²) in [5, 5.41) is 0.198. The summed E-state index contributed by atoms with van der Waals surface area (Å²) in [7, 11) is 0. The quantitative estimate of drug-likeness (QED) is 0.677. The number of H-pyrrole nitrogens is 1. The minimum absolute atomic E-state index is 0.0167. The van der Waals surface area contributed by atoms with Crippen LogP contribution in [0.25, 0.3) is 22.0 Å². The lowest BCUT2D eigenvalue weighted by atomic mass is 10.1. The van der Waals surface area contributed by atoms with Crippen molar-refractivity contribution in [2.45, 2.75) is 19.5 Å². The molecule has 2 aromatic carbocycles. The summed E-state index contributed by atoms with van der Waals surface area (Å²) in [5.41, 5.74) is 0.469. The third-order valence-electron chi connectivity index (χ3n) is 3.94. The number of aromatic nitrogens is 2. The van der Waals surface area contributed by atoms with Gasteiger partial charge in [-0.3, -0.25) is 4.79 Å². The minimum atomic E-state index is -4.51. The smallest absolute Gasteiger partial charge is 0.305 e. The normalized spacial score (nSPS) is 12.6. The predicted octanol–water partition coefficient (Wildman–Crippen LogP) is 5.24. The number of nitrogens with zero attached hydrogens (tertiary/aromatic N) is 1. The van der Waals surface area contributed by atoms with E-state index in [2.05, 4.69) is 9.97 Å². The SMILES string of the molecule is CCc1ccc(C=C(Cl)c2nc3cc(C(F)(F)F)ccc3c(=O)[nH]2)cc1. The highest BCUT2D eigenvalue weighted by Crippen LogP contribution is 2.30. The molecule has 1 aromatic heterocycles. The highest BCUT2D eigenvalue weighted by atomic mass is 35.5. The molecule has 3 nitrogen and oxygen atoms in total. The third kappa shape index (κ3) is 3.80. The van der Waals surface area contributed by atoms with Gasteiger partial charge in [0.05, 0.1) is 21.5 Å². The molecular formula is C19H14ClF3N2O. The first-order valence-corrected chi connectivity index (χ1v) is 8.23. The summed E-state index contributed by atoms with van der Waals surface area (Å²) >= 11 is 6.22. The molecule has 0 radical (unpaired) electrons. The van der Waals surface area contributed by atoms with Crippen molar-refractivity contribution in [3.63, 3.8) is 0 Å². The fourth-order valence-corrected chi connectivity index (χ4v) is 2.71. The molecule has 0 amide bonds. The van der Waals surface area contributed by atoms with Crippen molar-refractivity contribution < 1.29 is 13.2 Å². The first kappa shape index (κ1) is 18.2. The Balaban J connectivity index is 2.05. The van der Waals surface area contributed by atoms with Crippen LogP contribution in [0.2, 0.25) is 0 Å². The lowest BCUT2D eigenvalue weighted by Crippen LogP contribution is -2.12. The van der Waals surface area contributed by atoms with Gasteiger partial charge in [0.15, 0.2) is 5.82 Å². The predicted molar refractivity (Wildman–Crippen MR) is 96.9 cm³/mol. The van der Waals surface area contributed by atoms with E-state index in [0.29, 0.717) is 0 Å². The summed E-state index contributed by atoms with van der Waals surface area (Å²) in [4.78, 5) is 18.7. The molecule has 134 valence electrons. The van der Waals surface area contributed by atoms with E-state index >= 15 is 0 Å². The number of fused-ring (bicyclic) bond motifs is 1. The zero-order valence-electron chi connectivity index (χ0n) is 13.7. The van der Waals surface area contributed by atoms with Crippen LogP contribution in [0.3, 0.4) is 0 Å². The van der Waals surface area contributed by atoms with Gasteiger partial charge in [0.25, 0.3) is 5.56 Å². The monoisotopic (exact) mass is 378 g/mol. The second-order valence-corrected chi connectivity index (χ2v) is 6.14. The van der Waals surface area contributed by atoms with Crippen molar-refractivity contribution in [2.24, 2.45) is 0 Å². The van der Waals surface area contributed by atoms with Gasteiger partial charge in [-0.15, -0.1) is 0 Å². The Kier molecular flexibility index (Phi) is 4.87. The van der Waals surface area contributed by atoms with E-state index in [9.17, 15) is 18.0 Å². The van der Waals surface area contributed by atoms with E-state index < -0.39 is 17.3 Å². The molecule has 1 heterocycles. The second-order valence-electron chi connectivity index (χ2n) is 5.73. The van der Waals surface area contributed by atoms with E-state index in [0.717, 1.165) is 35.7 Å². The summed E-state index contributed by atoms with van der Waals surface area (Å²) in [5.74, 6) is 0.0167. The van der Waals surface area contributed by atoms with Crippen LogP contribution in [0.15, 0.2) is 47.3 Å². The molecule has 0 fully saturated rings. The number of aryl methyl sites for hydroxylation is 1. The Morgan fingerprint density at radius 3 is 2.50 bits per heavy atom. The van der Waals surface area contributed by atoms with Gasteiger partial charge in [-0.1, -0.05) is 42.8 Å². The van der Waals surface area contributed by atoms with Crippen molar-refractivity contribution in [1.82, 2.24) is 9.97 Å². The van der Waals surface area contributed by atoms with Crippen molar-refractivity contribution in [2.75, 3.05) is 0 Å². The molecule has 0 bridgehead atoms. The molecule has 3 rings (SSSR count). The van der Waals surface area contributed by atoms with Gasteiger partial charge >= 0.3 is 6.18 Å². The van der Waals surface area contributed by atoms with Crippen LogP contribution in [-0.4, -0.2) is 9.97 Å². The maximum atomic E-state index is 12.9. The lowest BCUT2D eigenvalue weighted by Gasteiger charge is -2.08. The number of alkyl halides is 3. The van der Waals surface area contributed by atoms with Crippen molar-refractivity contribution in [1.29, 1.82) is 0 Å². The van der Waals surface area contributed by atoms with Crippen LogP contribution in [0.1, 0.15) is 29.4 Å². The second kappa shape index (κ2) is 6.96. The fraction of sp³-hybridized carbons (Fsp3) is 0.158. The molecule has 7 heteroatoms. The molecule has 0 atom stereocenters. The van der Waals surface area contributed by atoms with Gasteiger partial charge in [-0.05, 0) is 41.8 Å². The van der Waals surface area contributed by atoms with Crippen LogP contribution >= 0.6 is 11.6 Å². The lowest BCUT2D eigenvalue weighted by molar-refractivity contribution is -0.137. The van der Waals surface area contributed by atoms with Crippen molar-refractivity contribution >= 4 is 33.6 Å². The molecule has 0 aliphatic heterocycles. The Morgan fingerprint density at radius 1 is 1.19 bits per heavy atom. The molecule has 0 aliphatic rings. The van der Waals surface area contributed by atoms with Gasteiger partial charge in [-0.25, -0.2) is 4.98 Å². The topological polar surface area (TPSA) is 45.8 Å². The largest absolute Gasteiger partial charge is 0.416 e.